The van der Waals surface area contributed by atoms with Gasteiger partial charge in [-0.2, -0.15) is 5.10 Å². The Balaban J connectivity index is 2.37. The molecule has 4 nitrogen and oxygen atoms in total. The Morgan fingerprint density at radius 2 is 1.84 bits per heavy atom. The van der Waals surface area contributed by atoms with E-state index in [-0.39, 0.29) is 5.56 Å². The van der Waals surface area contributed by atoms with Crippen LogP contribution in [0.5, 0.6) is 0 Å². The van der Waals surface area contributed by atoms with Crippen molar-refractivity contribution < 1.29 is 0 Å². The van der Waals surface area contributed by atoms with Crippen molar-refractivity contribution in [2.24, 2.45) is 0 Å². The fraction of sp³-hybridized carbons (Fsp3) is 0.133. The minimum Gasteiger partial charge on any atom is -0.268 e. The van der Waals surface area contributed by atoms with Gasteiger partial charge in [0.1, 0.15) is 0 Å². The standard InChI is InChI=1S/C15H13N3O/c1-9-10(2)15(19)18-17-14(9)13-8-16-7-11-5-3-4-6-12(11)13/h3-8H,1-2H3,(H,18,19). The minimum atomic E-state index is -0.144. The van der Waals surface area contributed by atoms with Crippen molar-refractivity contribution in [3.8, 4) is 11.3 Å². The highest BCUT2D eigenvalue weighted by atomic mass is 16.1. The van der Waals surface area contributed by atoms with E-state index in [1.165, 1.54) is 0 Å². The van der Waals surface area contributed by atoms with Gasteiger partial charge in [-0.05, 0) is 24.8 Å². The van der Waals surface area contributed by atoms with Crippen molar-refractivity contribution in [1.29, 1.82) is 0 Å². The quantitative estimate of drug-likeness (QED) is 0.723. The average molecular weight is 251 g/mol. The maximum atomic E-state index is 11.6. The van der Waals surface area contributed by atoms with E-state index in [1.54, 1.807) is 13.1 Å². The number of pyridine rings is 1. The number of benzene rings is 1. The molecule has 0 radical (unpaired) electrons. The zero-order chi connectivity index (χ0) is 13.4. The Morgan fingerprint density at radius 1 is 1.05 bits per heavy atom. The van der Waals surface area contributed by atoms with Crippen molar-refractivity contribution in [2.75, 3.05) is 0 Å². The highest BCUT2D eigenvalue weighted by Crippen LogP contribution is 2.28. The number of nitrogens with one attached hydrogen (secondary N) is 1. The maximum Gasteiger partial charge on any atom is 0.267 e. The number of hydrogen-bond acceptors (Lipinski definition) is 3. The fourth-order valence-electron chi connectivity index (χ4n) is 2.19. The normalized spacial score (nSPS) is 10.8. The molecule has 19 heavy (non-hydrogen) atoms. The summed E-state index contributed by atoms with van der Waals surface area (Å²) < 4.78 is 0. The van der Waals surface area contributed by atoms with Gasteiger partial charge in [-0.1, -0.05) is 24.3 Å². The molecule has 0 aliphatic rings. The summed E-state index contributed by atoms with van der Waals surface area (Å²) in [5, 5.41) is 8.86. The van der Waals surface area contributed by atoms with Gasteiger partial charge in [0.05, 0.1) is 5.69 Å². The van der Waals surface area contributed by atoms with Gasteiger partial charge >= 0.3 is 0 Å². The highest BCUT2D eigenvalue weighted by molar-refractivity contribution is 5.95. The molecule has 0 fully saturated rings. The van der Waals surface area contributed by atoms with Crippen LogP contribution in [0.4, 0.5) is 0 Å². The first-order valence-corrected chi connectivity index (χ1v) is 6.07. The molecule has 0 aliphatic heterocycles. The van der Waals surface area contributed by atoms with Gasteiger partial charge < -0.3 is 0 Å². The van der Waals surface area contributed by atoms with E-state index in [4.69, 9.17) is 0 Å². The van der Waals surface area contributed by atoms with E-state index in [0.717, 1.165) is 27.6 Å². The number of fused-ring (bicyclic) bond motifs is 1. The number of hydrogen-bond donors (Lipinski definition) is 1. The topological polar surface area (TPSA) is 58.6 Å². The second-order valence-corrected chi connectivity index (χ2v) is 4.56. The zero-order valence-corrected chi connectivity index (χ0v) is 10.8. The maximum absolute atomic E-state index is 11.6. The third-order valence-electron chi connectivity index (χ3n) is 3.45. The Morgan fingerprint density at radius 3 is 2.68 bits per heavy atom. The number of rotatable bonds is 1. The molecule has 0 aliphatic carbocycles. The smallest absolute Gasteiger partial charge is 0.267 e. The summed E-state index contributed by atoms with van der Waals surface area (Å²) in [5.74, 6) is 0. The highest BCUT2D eigenvalue weighted by Gasteiger charge is 2.11. The van der Waals surface area contributed by atoms with Crippen LogP contribution < -0.4 is 5.56 Å². The molecule has 0 spiro atoms. The van der Waals surface area contributed by atoms with Crippen LogP contribution in [-0.2, 0) is 0 Å². The van der Waals surface area contributed by atoms with Crippen molar-refractivity contribution in [2.45, 2.75) is 13.8 Å². The van der Waals surface area contributed by atoms with Crippen molar-refractivity contribution >= 4 is 10.8 Å². The second kappa shape index (κ2) is 4.31. The fourth-order valence-corrected chi connectivity index (χ4v) is 2.19. The molecule has 1 aromatic carbocycles. The van der Waals surface area contributed by atoms with Gasteiger partial charge in [0.15, 0.2) is 0 Å². The van der Waals surface area contributed by atoms with Gasteiger partial charge in [0.2, 0.25) is 0 Å². The summed E-state index contributed by atoms with van der Waals surface area (Å²) >= 11 is 0. The van der Waals surface area contributed by atoms with Gasteiger partial charge in [0, 0.05) is 28.9 Å². The zero-order valence-electron chi connectivity index (χ0n) is 10.8. The third kappa shape index (κ3) is 1.81. The summed E-state index contributed by atoms with van der Waals surface area (Å²) in [7, 11) is 0. The van der Waals surface area contributed by atoms with E-state index in [9.17, 15) is 4.79 Å². The first-order chi connectivity index (χ1) is 9.18. The van der Waals surface area contributed by atoms with E-state index in [1.807, 2.05) is 37.4 Å². The van der Waals surface area contributed by atoms with Gasteiger partial charge in [-0.3, -0.25) is 9.78 Å². The molecule has 0 atom stereocenters. The van der Waals surface area contributed by atoms with Crippen LogP contribution in [0.2, 0.25) is 0 Å². The van der Waals surface area contributed by atoms with E-state index in [0.29, 0.717) is 5.56 Å². The Kier molecular flexibility index (Phi) is 2.63. The number of aromatic nitrogens is 3. The molecule has 0 saturated heterocycles. The van der Waals surface area contributed by atoms with E-state index >= 15 is 0 Å². The number of H-pyrrole nitrogens is 1. The molecule has 2 heterocycles. The Labute approximate surface area is 110 Å². The predicted molar refractivity (Wildman–Crippen MR) is 75.1 cm³/mol. The van der Waals surface area contributed by atoms with Gasteiger partial charge in [-0.25, -0.2) is 5.10 Å². The van der Waals surface area contributed by atoms with Crippen LogP contribution >= 0.6 is 0 Å². The summed E-state index contributed by atoms with van der Waals surface area (Å²) in [6.45, 7) is 3.71. The molecule has 2 aromatic heterocycles. The lowest BCUT2D eigenvalue weighted by molar-refractivity contribution is 0.959. The molecular formula is C15H13N3O. The molecular weight excluding hydrogens is 238 g/mol. The predicted octanol–water partition coefficient (Wildman–Crippen LogP) is 2.60. The largest absolute Gasteiger partial charge is 0.268 e. The van der Waals surface area contributed by atoms with Crippen LogP contribution in [0.3, 0.4) is 0 Å². The summed E-state index contributed by atoms with van der Waals surface area (Å²) in [5.41, 5.74) is 3.16. The molecule has 0 bridgehead atoms. The van der Waals surface area contributed by atoms with Gasteiger partial charge in [-0.15, -0.1) is 0 Å². The molecule has 4 heteroatoms. The molecule has 0 saturated carbocycles. The lowest BCUT2D eigenvalue weighted by Crippen LogP contribution is -2.14. The third-order valence-corrected chi connectivity index (χ3v) is 3.45. The lowest BCUT2D eigenvalue weighted by Gasteiger charge is -2.09. The average Bonchev–Trinajstić information content (AvgIpc) is 2.45. The lowest BCUT2D eigenvalue weighted by atomic mass is 10.0. The summed E-state index contributed by atoms with van der Waals surface area (Å²) in [6.07, 6.45) is 3.61. The summed E-state index contributed by atoms with van der Waals surface area (Å²) in [4.78, 5) is 15.8. The van der Waals surface area contributed by atoms with Crippen LogP contribution in [0, 0.1) is 13.8 Å². The van der Waals surface area contributed by atoms with Crippen LogP contribution in [-0.4, -0.2) is 15.2 Å². The molecule has 3 aromatic rings. The summed E-state index contributed by atoms with van der Waals surface area (Å²) in [6, 6.07) is 8.01. The molecule has 1 N–H and O–H groups in total. The number of nitrogens with zero attached hydrogens (tertiary/aromatic N) is 2. The van der Waals surface area contributed by atoms with E-state index in [2.05, 4.69) is 15.2 Å². The van der Waals surface area contributed by atoms with E-state index < -0.39 is 0 Å². The SMILES string of the molecule is Cc1c(-c2cncc3ccccc23)n[nH]c(=O)c1C. The first kappa shape index (κ1) is 11.6. The first-order valence-electron chi connectivity index (χ1n) is 6.07. The van der Waals surface area contributed by atoms with Crippen molar-refractivity contribution in [1.82, 2.24) is 15.2 Å². The Hall–Kier alpha value is -2.49. The van der Waals surface area contributed by atoms with Crippen LogP contribution in [0.25, 0.3) is 22.0 Å². The van der Waals surface area contributed by atoms with Crippen LogP contribution in [0.15, 0.2) is 41.5 Å². The molecule has 94 valence electrons. The van der Waals surface area contributed by atoms with Crippen LogP contribution in [0.1, 0.15) is 11.1 Å². The van der Waals surface area contributed by atoms with Gasteiger partial charge in [0.25, 0.3) is 5.56 Å². The van der Waals surface area contributed by atoms with Crippen molar-refractivity contribution in [3.63, 3.8) is 0 Å². The number of aromatic amines is 1. The molecule has 0 amide bonds. The monoisotopic (exact) mass is 251 g/mol. The molecule has 0 unspecified atom stereocenters. The molecule has 3 rings (SSSR count). The second-order valence-electron chi connectivity index (χ2n) is 4.56. The van der Waals surface area contributed by atoms with Crippen molar-refractivity contribution in [3.05, 3.63) is 58.1 Å². The Bertz CT molecular complexity index is 816. The minimum absolute atomic E-state index is 0.144.